The molecule has 1 aliphatic rings. The van der Waals surface area contributed by atoms with Gasteiger partial charge >= 0.3 is 12.1 Å². The van der Waals surface area contributed by atoms with Crippen LogP contribution in [0.15, 0.2) is 59.1 Å². The summed E-state index contributed by atoms with van der Waals surface area (Å²) in [5, 5.41) is 0. The molecular formula is C17H12F3NO4S. The molecule has 1 heterocycles. The van der Waals surface area contributed by atoms with Crippen molar-refractivity contribution in [2.75, 3.05) is 11.4 Å². The molecule has 3 rings (SSSR count). The maximum Gasteiger partial charge on any atom is 0.418 e. The SMILES string of the molecule is COC(=O)C1=Cc2ccccc2S(=O)(=O)N1c1ccccc1C(F)(F)F. The maximum atomic E-state index is 13.4. The fraction of sp³-hybridized carbons (Fsp3) is 0.118. The first-order valence-corrected chi connectivity index (χ1v) is 8.72. The first-order chi connectivity index (χ1) is 12.2. The largest absolute Gasteiger partial charge is 0.464 e. The van der Waals surface area contributed by atoms with E-state index in [1.807, 2.05) is 0 Å². The second kappa shape index (κ2) is 6.17. The summed E-state index contributed by atoms with van der Waals surface area (Å²) < 4.78 is 71.2. The van der Waals surface area contributed by atoms with Crippen LogP contribution in [0.4, 0.5) is 18.9 Å². The number of halogens is 3. The van der Waals surface area contributed by atoms with Gasteiger partial charge in [-0.2, -0.15) is 13.2 Å². The van der Waals surface area contributed by atoms with Gasteiger partial charge in [-0.15, -0.1) is 0 Å². The van der Waals surface area contributed by atoms with E-state index >= 15 is 0 Å². The van der Waals surface area contributed by atoms with Crippen LogP contribution < -0.4 is 4.31 Å². The van der Waals surface area contributed by atoms with Crippen molar-refractivity contribution in [1.82, 2.24) is 0 Å². The minimum absolute atomic E-state index is 0.189. The number of alkyl halides is 3. The summed E-state index contributed by atoms with van der Waals surface area (Å²) in [6.45, 7) is 0. The second-order valence-corrected chi connectivity index (χ2v) is 7.10. The number of hydrogen-bond donors (Lipinski definition) is 0. The van der Waals surface area contributed by atoms with Crippen molar-refractivity contribution in [2.24, 2.45) is 0 Å². The Hall–Kier alpha value is -2.81. The lowest BCUT2D eigenvalue weighted by molar-refractivity contribution is -0.138. The maximum absolute atomic E-state index is 13.4. The number of methoxy groups -OCH3 is 1. The van der Waals surface area contributed by atoms with Gasteiger partial charge in [0.2, 0.25) is 0 Å². The van der Waals surface area contributed by atoms with Crippen LogP contribution in [-0.4, -0.2) is 21.5 Å². The Labute approximate surface area is 147 Å². The van der Waals surface area contributed by atoms with E-state index in [0.717, 1.165) is 25.3 Å². The van der Waals surface area contributed by atoms with E-state index in [1.165, 1.54) is 30.3 Å². The fourth-order valence-corrected chi connectivity index (χ4v) is 4.34. The summed E-state index contributed by atoms with van der Waals surface area (Å²) in [5.74, 6) is -1.07. The molecule has 9 heteroatoms. The summed E-state index contributed by atoms with van der Waals surface area (Å²) in [6.07, 6.45) is -3.63. The number of hydrogen-bond acceptors (Lipinski definition) is 4. The van der Waals surface area contributed by atoms with E-state index < -0.39 is 39.1 Å². The van der Waals surface area contributed by atoms with E-state index in [9.17, 15) is 26.4 Å². The number of benzene rings is 2. The molecule has 2 aromatic carbocycles. The molecule has 0 N–H and O–H groups in total. The number of anilines is 1. The molecule has 0 bridgehead atoms. The topological polar surface area (TPSA) is 63.7 Å². The van der Waals surface area contributed by atoms with Gasteiger partial charge < -0.3 is 4.74 Å². The third-order valence-corrected chi connectivity index (χ3v) is 5.57. The Balaban J connectivity index is 2.35. The summed E-state index contributed by atoms with van der Waals surface area (Å²) in [6, 6.07) is 9.85. The number of nitrogens with zero attached hydrogens (tertiary/aromatic N) is 1. The average Bonchev–Trinajstić information content (AvgIpc) is 2.60. The van der Waals surface area contributed by atoms with E-state index in [2.05, 4.69) is 4.74 Å². The fourth-order valence-electron chi connectivity index (χ4n) is 2.66. The lowest BCUT2D eigenvalue weighted by atomic mass is 10.1. The van der Waals surface area contributed by atoms with Crippen molar-refractivity contribution in [1.29, 1.82) is 0 Å². The summed E-state index contributed by atoms with van der Waals surface area (Å²) >= 11 is 0. The lowest BCUT2D eigenvalue weighted by Crippen LogP contribution is -2.38. The number of fused-ring (bicyclic) bond motifs is 1. The van der Waals surface area contributed by atoms with Crippen molar-refractivity contribution >= 4 is 27.8 Å². The second-order valence-electron chi connectivity index (χ2n) is 5.34. The van der Waals surface area contributed by atoms with Gasteiger partial charge in [0, 0.05) is 0 Å². The van der Waals surface area contributed by atoms with E-state index in [4.69, 9.17) is 0 Å². The number of sulfonamides is 1. The minimum Gasteiger partial charge on any atom is -0.464 e. The molecule has 0 amide bonds. The summed E-state index contributed by atoms with van der Waals surface area (Å²) in [7, 11) is -3.44. The molecule has 0 saturated heterocycles. The van der Waals surface area contributed by atoms with Crippen molar-refractivity contribution in [3.05, 3.63) is 65.4 Å². The minimum atomic E-state index is -4.82. The Morgan fingerprint density at radius 2 is 1.65 bits per heavy atom. The Bertz CT molecular complexity index is 1010. The first-order valence-electron chi connectivity index (χ1n) is 7.28. The highest BCUT2D eigenvalue weighted by Gasteiger charge is 2.42. The Kier molecular flexibility index (Phi) is 4.27. The third-order valence-electron chi connectivity index (χ3n) is 3.77. The quantitative estimate of drug-likeness (QED) is 0.746. The van der Waals surface area contributed by atoms with Gasteiger partial charge in [-0.05, 0) is 29.8 Å². The van der Waals surface area contributed by atoms with Crippen LogP contribution in [0.5, 0.6) is 0 Å². The molecule has 0 aliphatic carbocycles. The zero-order chi connectivity index (χ0) is 19.1. The van der Waals surface area contributed by atoms with E-state index in [0.29, 0.717) is 4.31 Å². The lowest BCUT2D eigenvalue weighted by Gasteiger charge is -2.31. The molecule has 0 radical (unpaired) electrons. The molecule has 136 valence electrons. The number of esters is 1. The van der Waals surface area contributed by atoms with Crippen LogP contribution in [0.25, 0.3) is 6.08 Å². The molecule has 1 aliphatic heterocycles. The zero-order valence-electron chi connectivity index (χ0n) is 13.3. The highest BCUT2D eigenvalue weighted by molar-refractivity contribution is 7.93. The molecule has 0 unspecified atom stereocenters. The van der Waals surface area contributed by atoms with Crippen LogP contribution in [-0.2, 0) is 25.7 Å². The van der Waals surface area contributed by atoms with Crippen molar-refractivity contribution < 1.29 is 31.1 Å². The van der Waals surface area contributed by atoms with Crippen molar-refractivity contribution in [3.8, 4) is 0 Å². The zero-order valence-corrected chi connectivity index (χ0v) is 14.1. The third kappa shape index (κ3) is 2.84. The molecule has 26 heavy (non-hydrogen) atoms. The molecule has 0 aromatic heterocycles. The highest BCUT2D eigenvalue weighted by Crippen LogP contribution is 2.42. The van der Waals surface area contributed by atoms with Gasteiger partial charge in [-0.3, -0.25) is 0 Å². The van der Waals surface area contributed by atoms with Crippen LogP contribution in [0, 0.1) is 0 Å². The Morgan fingerprint density at radius 1 is 1.04 bits per heavy atom. The van der Waals surface area contributed by atoms with Crippen molar-refractivity contribution in [3.63, 3.8) is 0 Å². The number of carbonyl (C=O) groups is 1. The van der Waals surface area contributed by atoms with E-state index in [-0.39, 0.29) is 10.5 Å². The van der Waals surface area contributed by atoms with E-state index in [1.54, 1.807) is 6.07 Å². The average molecular weight is 383 g/mol. The first kappa shape index (κ1) is 18.0. The number of para-hydroxylation sites is 1. The van der Waals surface area contributed by atoms with Crippen LogP contribution >= 0.6 is 0 Å². The number of ether oxygens (including phenoxy) is 1. The monoisotopic (exact) mass is 383 g/mol. The number of carbonyl (C=O) groups excluding carboxylic acids is 1. The van der Waals surface area contributed by atoms with Gasteiger partial charge in [0.15, 0.2) is 0 Å². The van der Waals surface area contributed by atoms with Crippen LogP contribution in [0.2, 0.25) is 0 Å². The van der Waals surface area contributed by atoms with Gasteiger partial charge in [-0.1, -0.05) is 30.3 Å². The number of rotatable bonds is 2. The molecule has 0 spiro atoms. The predicted octanol–water partition coefficient (Wildman–Crippen LogP) is 3.43. The molecular weight excluding hydrogens is 371 g/mol. The standard InChI is InChI=1S/C17H12F3NO4S/c1-25-16(22)14-10-11-6-2-5-9-15(11)26(23,24)21(14)13-8-4-3-7-12(13)17(18,19)20/h2-10H,1H3. The van der Waals surface area contributed by atoms with Gasteiger partial charge in [-0.25, -0.2) is 17.5 Å². The molecule has 2 aromatic rings. The van der Waals surface area contributed by atoms with Crippen LogP contribution in [0.1, 0.15) is 11.1 Å². The summed E-state index contributed by atoms with van der Waals surface area (Å²) in [5.41, 5.74) is -2.19. The normalized spacial score (nSPS) is 15.8. The summed E-state index contributed by atoms with van der Waals surface area (Å²) in [4.78, 5) is 11.9. The smallest absolute Gasteiger partial charge is 0.418 e. The molecule has 0 fully saturated rings. The van der Waals surface area contributed by atoms with Gasteiger partial charge in [0.1, 0.15) is 5.70 Å². The molecule has 0 saturated carbocycles. The molecule has 5 nitrogen and oxygen atoms in total. The predicted molar refractivity (Wildman–Crippen MR) is 87.5 cm³/mol. The molecule has 0 atom stereocenters. The van der Waals surface area contributed by atoms with Crippen molar-refractivity contribution in [2.45, 2.75) is 11.1 Å². The van der Waals surface area contributed by atoms with Gasteiger partial charge in [0.05, 0.1) is 23.3 Å². The van der Waals surface area contributed by atoms with Crippen LogP contribution in [0.3, 0.4) is 0 Å². The van der Waals surface area contributed by atoms with Gasteiger partial charge in [0.25, 0.3) is 10.0 Å². The Morgan fingerprint density at radius 3 is 2.31 bits per heavy atom. The highest BCUT2D eigenvalue weighted by atomic mass is 32.2.